The minimum atomic E-state index is -0.867. The van der Waals surface area contributed by atoms with E-state index in [9.17, 15) is 4.79 Å². The Morgan fingerprint density at radius 3 is 2.89 bits per heavy atom. The Labute approximate surface area is 162 Å². The van der Waals surface area contributed by atoms with Crippen molar-refractivity contribution in [2.24, 2.45) is 0 Å². The number of anilines is 1. The number of nitrogens with one attached hydrogen (secondary N) is 1. The molecule has 28 heavy (non-hydrogen) atoms. The molecule has 0 spiro atoms. The lowest BCUT2D eigenvalue weighted by Gasteiger charge is -2.31. The molecule has 2 aliphatic rings. The van der Waals surface area contributed by atoms with E-state index in [1.54, 1.807) is 10.7 Å². The Hall–Kier alpha value is -2.49. The van der Waals surface area contributed by atoms with E-state index in [1.807, 2.05) is 19.1 Å². The van der Waals surface area contributed by atoms with Crippen molar-refractivity contribution < 1.29 is 23.7 Å². The Bertz CT molecular complexity index is 890. The van der Waals surface area contributed by atoms with Crippen LogP contribution >= 0.6 is 0 Å². The van der Waals surface area contributed by atoms with Gasteiger partial charge in [-0.1, -0.05) is 6.58 Å². The number of carbonyl (C=O) groups excluding carboxylic acids is 1. The number of aromatic nitrogens is 3. The lowest BCUT2D eigenvalue weighted by Crippen LogP contribution is -2.44. The molecule has 2 aliphatic heterocycles. The highest BCUT2D eigenvalue weighted by atomic mass is 16.7. The molecule has 2 saturated heterocycles. The quantitative estimate of drug-likeness (QED) is 0.773. The maximum Gasteiger partial charge on any atom is 0.303 e. The van der Waals surface area contributed by atoms with Gasteiger partial charge in [0.05, 0.1) is 43.3 Å². The molecule has 2 atom stereocenters. The van der Waals surface area contributed by atoms with Gasteiger partial charge >= 0.3 is 5.97 Å². The lowest BCUT2D eigenvalue weighted by molar-refractivity contribution is -0.153. The molecule has 2 aromatic heterocycles. The predicted octanol–water partition coefficient (Wildman–Crippen LogP) is 1.64. The smallest absolute Gasteiger partial charge is 0.303 e. The van der Waals surface area contributed by atoms with Gasteiger partial charge in [0, 0.05) is 19.1 Å². The molecular weight excluding hydrogens is 364 g/mol. The van der Waals surface area contributed by atoms with Crippen molar-refractivity contribution in [3.05, 3.63) is 30.6 Å². The summed E-state index contributed by atoms with van der Waals surface area (Å²) in [6, 6.07) is 3.71. The van der Waals surface area contributed by atoms with Gasteiger partial charge in [0.1, 0.15) is 6.10 Å². The molecule has 4 heterocycles. The van der Waals surface area contributed by atoms with Crippen LogP contribution < -0.4 is 5.32 Å². The van der Waals surface area contributed by atoms with E-state index < -0.39 is 5.79 Å². The van der Waals surface area contributed by atoms with Crippen LogP contribution in [0, 0.1) is 0 Å². The Morgan fingerprint density at radius 2 is 2.14 bits per heavy atom. The highest BCUT2D eigenvalue weighted by molar-refractivity contribution is 5.70. The standard InChI is InChI=1S/C19H24N4O5/c1-12(19(3)26-8-9-27-19)16-5-4-14-10-20-18(22-23(14)16)21-15-6-7-25-11-17(15)28-13(2)24/h4-5,10,15,17H,1,6-9,11H2,2-3H3,(H,21,22)/t15-,17-/m1/s1. The van der Waals surface area contributed by atoms with E-state index in [4.69, 9.17) is 18.9 Å². The van der Waals surface area contributed by atoms with Crippen molar-refractivity contribution in [2.45, 2.75) is 38.2 Å². The summed E-state index contributed by atoms with van der Waals surface area (Å²) in [5, 5.41) is 7.88. The molecule has 0 aromatic carbocycles. The molecule has 9 nitrogen and oxygen atoms in total. The summed E-state index contributed by atoms with van der Waals surface area (Å²) < 4.78 is 24.0. The highest BCUT2D eigenvalue weighted by Gasteiger charge is 2.36. The first-order chi connectivity index (χ1) is 13.5. The third kappa shape index (κ3) is 3.60. The molecule has 1 N–H and O–H groups in total. The van der Waals surface area contributed by atoms with Gasteiger partial charge in [-0.05, 0) is 25.5 Å². The topological polar surface area (TPSA) is 96.2 Å². The van der Waals surface area contributed by atoms with E-state index in [1.165, 1.54) is 6.92 Å². The van der Waals surface area contributed by atoms with Crippen LogP contribution in [-0.2, 0) is 23.7 Å². The molecule has 0 unspecified atom stereocenters. The normalized spacial score (nSPS) is 24.2. The van der Waals surface area contributed by atoms with Crippen molar-refractivity contribution in [1.82, 2.24) is 14.6 Å². The molecule has 0 bridgehead atoms. The largest absolute Gasteiger partial charge is 0.458 e. The number of rotatable bonds is 5. The van der Waals surface area contributed by atoms with Crippen molar-refractivity contribution in [1.29, 1.82) is 0 Å². The number of nitrogens with zero attached hydrogens (tertiary/aromatic N) is 3. The van der Waals surface area contributed by atoms with Gasteiger partial charge < -0.3 is 24.3 Å². The van der Waals surface area contributed by atoms with E-state index in [0.29, 0.717) is 44.4 Å². The van der Waals surface area contributed by atoms with Crippen LogP contribution in [0.1, 0.15) is 26.0 Å². The van der Waals surface area contributed by atoms with E-state index in [2.05, 4.69) is 22.0 Å². The van der Waals surface area contributed by atoms with Crippen LogP contribution in [0.2, 0.25) is 0 Å². The maximum atomic E-state index is 11.4. The van der Waals surface area contributed by atoms with Gasteiger partial charge in [0.15, 0.2) is 5.79 Å². The summed E-state index contributed by atoms with van der Waals surface area (Å²) in [7, 11) is 0. The van der Waals surface area contributed by atoms with Crippen molar-refractivity contribution in [3.63, 3.8) is 0 Å². The molecule has 0 radical (unpaired) electrons. The first-order valence-corrected chi connectivity index (χ1v) is 9.30. The second-order valence-corrected chi connectivity index (χ2v) is 7.02. The van der Waals surface area contributed by atoms with Crippen molar-refractivity contribution in [3.8, 4) is 0 Å². The van der Waals surface area contributed by atoms with Gasteiger partial charge in [-0.15, -0.1) is 5.10 Å². The zero-order chi connectivity index (χ0) is 19.7. The SMILES string of the molecule is C=C(c1ccc2cnc(N[C@@H]3CCOC[C@H]3OC(C)=O)nn12)C1(C)OCCO1. The van der Waals surface area contributed by atoms with Gasteiger partial charge in [-0.2, -0.15) is 0 Å². The molecule has 0 aliphatic carbocycles. The van der Waals surface area contributed by atoms with Gasteiger partial charge in [-0.3, -0.25) is 4.79 Å². The Kier molecular flexibility index (Phi) is 5.05. The fourth-order valence-corrected chi connectivity index (χ4v) is 3.49. The maximum absolute atomic E-state index is 11.4. The lowest BCUT2D eigenvalue weighted by atomic mass is 10.1. The monoisotopic (exact) mass is 388 g/mol. The summed E-state index contributed by atoms with van der Waals surface area (Å²) in [5.41, 5.74) is 2.30. The molecule has 2 fully saturated rings. The molecule has 9 heteroatoms. The number of ether oxygens (including phenoxy) is 4. The van der Waals surface area contributed by atoms with Crippen LogP contribution in [-0.4, -0.2) is 64.9 Å². The molecule has 4 rings (SSSR count). The van der Waals surface area contributed by atoms with Gasteiger partial charge in [0.25, 0.3) is 0 Å². The highest BCUT2D eigenvalue weighted by Crippen LogP contribution is 2.33. The number of hydrogen-bond donors (Lipinski definition) is 1. The average molecular weight is 388 g/mol. The number of fused-ring (bicyclic) bond motifs is 1. The van der Waals surface area contributed by atoms with E-state index in [-0.39, 0.29) is 18.1 Å². The summed E-state index contributed by atoms with van der Waals surface area (Å²) in [4.78, 5) is 15.7. The van der Waals surface area contributed by atoms with Crippen LogP contribution in [0.15, 0.2) is 24.9 Å². The molecule has 0 amide bonds. The third-order valence-corrected chi connectivity index (χ3v) is 5.03. The average Bonchev–Trinajstić information content (AvgIpc) is 3.29. The fourth-order valence-electron chi connectivity index (χ4n) is 3.49. The second kappa shape index (κ2) is 7.50. The zero-order valence-electron chi connectivity index (χ0n) is 16.0. The minimum Gasteiger partial charge on any atom is -0.458 e. The van der Waals surface area contributed by atoms with E-state index >= 15 is 0 Å². The summed E-state index contributed by atoms with van der Waals surface area (Å²) in [5.74, 6) is -0.777. The van der Waals surface area contributed by atoms with Crippen molar-refractivity contribution >= 4 is 23.0 Å². The van der Waals surface area contributed by atoms with Gasteiger partial charge in [0.2, 0.25) is 5.95 Å². The molecular formula is C19H24N4O5. The molecule has 0 saturated carbocycles. The molecule has 150 valence electrons. The molecule has 2 aromatic rings. The first kappa shape index (κ1) is 18.9. The predicted molar refractivity (Wildman–Crippen MR) is 101 cm³/mol. The second-order valence-electron chi connectivity index (χ2n) is 7.02. The zero-order valence-corrected chi connectivity index (χ0v) is 16.0. The Morgan fingerprint density at radius 1 is 1.36 bits per heavy atom. The number of esters is 1. The van der Waals surface area contributed by atoms with Gasteiger partial charge in [-0.25, -0.2) is 9.50 Å². The minimum absolute atomic E-state index is 0.128. The van der Waals surface area contributed by atoms with Crippen LogP contribution in [0.25, 0.3) is 11.1 Å². The van der Waals surface area contributed by atoms with Crippen LogP contribution in [0.5, 0.6) is 0 Å². The summed E-state index contributed by atoms with van der Waals surface area (Å²) in [6.45, 7) is 9.39. The number of carbonyl (C=O) groups is 1. The van der Waals surface area contributed by atoms with Crippen LogP contribution in [0.3, 0.4) is 0 Å². The van der Waals surface area contributed by atoms with Crippen LogP contribution in [0.4, 0.5) is 5.95 Å². The van der Waals surface area contributed by atoms with Crippen molar-refractivity contribution in [2.75, 3.05) is 31.7 Å². The summed E-state index contributed by atoms with van der Waals surface area (Å²) in [6.07, 6.45) is 2.03. The fraction of sp³-hybridized carbons (Fsp3) is 0.526. The van der Waals surface area contributed by atoms with E-state index in [0.717, 1.165) is 11.2 Å². The Balaban J connectivity index is 1.59. The number of hydrogen-bond acceptors (Lipinski definition) is 8. The third-order valence-electron chi connectivity index (χ3n) is 5.03. The first-order valence-electron chi connectivity index (χ1n) is 9.30. The summed E-state index contributed by atoms with van der Waals surface area (Å²) >= 11 is 0.